The normalized spacial score (nSPS) is 13.1. The molecule has 0 saturated carbocycles. The fourth-order valence-corrected chi connectivity index (χ4v) is 20.1. The molecule has 6 rings (SSSR count). The van der Waals surface area contributed by atoms with E-state index in [1.807, 2.05) is 0 Å². The summed E-state index contributed by atoms with van der Waals surface area (Å²) in [5.41, 5.74) is 20.1. The second-order valence-electron chi connectivity index (χ2n) is 15.3. The molecule has 0 N–H and O–H groups in total. The highest BCUT2D eigenvalue weighted by Crippen LogP contribution is 2.47. The molecule has 1 aliphatic carbocycles. The van der Waals surface area contributed by atoms with Crippen molar-refractivity contribution in [1.82, 2.24) is 18.7 Å². The number of nitrogens with zero attached hydrogens (tertiary/aromatic N) is 4. The molecule has 2 aromatic heterocycles. The fourth-order valence-electron chi connectivity index (χ4n) is 9.08. The SMILES string of the molecule is CC(C)[Si](C#Cc1c2nsnc2c(C#C[Si](C(C)C)(C(C)C)C(C)C)c2nc3c(nc12)-c1cccc2cccc-3c12)(C(C)C)C(C)C. The van der Waals surface area contributed by atoms with Gasteiger partial charge in [0.15, 0.2) is 0 Å². The average molecular weight is 673 g/mol. The first kappa shape index (κ1) is 33.5. The molecular weight excluding hydrogens is 625 g/mol. The van der Waals surface area contributed by atoms with E-state index < -0.39 is 16.1 Å². The van der Waals surface area contributed by atoms with Crippen molar-refractivity contribution in [1.29, 1.82) is 0 Å². The summed E-state index contributed by atoms with van der Waals surface area (Å²) in [6, 6.07) is 12.9. The third-order valence-corrected chi connectivity index (χ3v) is 24.4. The minimum absolute atomic E-state index is 0.513. The van der Waals surface area contributed by atoms with Gasteiger partial charge in [-0.05, 0) is 38.6 Å². The van der Waals surface area contributed by atoms with Gasteiger partial charge in [0.1, 0.15) is 38.2 Å². The molecule has 0 fully saturated rings. The van der Waals surface area contributed by atoms with Gasteiger partial charge >= 0.3 is 0 Å². The van der Waals surface area contributed by atoms with Gasteiger partial charge in [0.05, 0.1) is 34.2 Å². The van der Waals surface area contributed by atoms with E-state index in [-0.39, 0.29) is 0 Å². The Balaban J connectivity index is 1.76. The van der Waals surface area contributed by atoms with Crippen LogP contribution < -0.4 is 0 Å². The van der Waals surface area contributed by atoms with Gasteiger partial charge in [0, 0.05) is 16.5 Å². The van der Waals surface area contributed by atoms with Crippen LogP contribution in [0.15, 0.2) is 36.4 Å². The van der Waals surface area contributed by atoms with Crippen LogP contribution in [0.3, 0.4) is 0 Å². The Morgan fingerprint density at radius 1 is 0.511 bits per heavy atom. The number of hydrogen-bond acceptors (Lipinski definition) is 5. The van der Waals surface area contributed by atoms with Crippen molar-refractivity contribution in [3.05, 3.63) is 47.5 Å². The molecule has 0 unspecified atom stereocenters. The topological polar surface area (TPSA) is 51.6 Å². The number of benzene rings is 3. The second-order valence-corrected chi connectivity index (χ2v) is 27.0. The third kappa shape index (κ3) is 5.00. The van der Waals surface area contributed by atoms with E-state index in [1.165, 1.54) is 22.5 Å². The Kier molecular flexibility index (Phi) is 8.75. The summed E-state index contributed by atoms with van der Waals surface area (Å²) in [7, 11) is -4.09. The van der Waals surface area contributed by atoms with Crippen LogP contribution in [0.2, 0.25) is 33.2 Å². The summed E-state index contributed by atoms with van der Waals surface area (Å²) in [5.74, 6) is 7.53. The Morgan fingerprint density at radius 3 is 1.21 bits per heavy atom. The first-order valence-electron chi connectivity index (χ1n) is 17.4. The molecule has 5 aromatic rings. The summed E-state index contributed by atoms with van der Waals surface area (Å²) in [5, 5.41) is 2.42. The van der Waals surface area contributed by atoms with E-state index in [1.54, 1.807) is 0 Å². The van der Waals surface area contributed by atoms with Gasteiger partial charge in [-0.3, -0.25) is 0 Å². The van der Waals surface area contributed by atoms with E-state index in [2.05, 4.69) is 142 Å². The molecule has 2 heterocycles. The van der Waals surface area contributed by atoms with Crippen molar-refractivity contribution in [2.24, 2.45) is 0 Å². The summed E-state index contributed by atoms with van der Waals surface area (Å²) in [4.78, 5) is 11.0. The first-order chi connectivity index (χ1) is 22.3. The Hall–Kier alpha value is -3.37. The van der Waals surface area contributed by atoms with Crippen molar-refractivity contribution in [2.75, 3.05) is 0 Å². The van der Waals surface area contributed by atoms with Gasteiger partial charge in [0.2, 0.25) is 0 Å². The Morgan fingerprint density at radius 2 is 0.872 bits per heavy atom. The van der Waals surface area contributed by atoms with E-state index in [0.29, 0.717) is 33.2 Å². The monoisotopic (exact) mass is 672 g/mol. The van der Waals surface area contributed by atoms with Crippen LogP contribution >= 0.6 is 11.7 Å². The van der Waals surface area contributed by atoms with Crippen LogP contribution in [0.5, 0.6) is 0 Å². The van der Waals surface area contributed by atoms with Crippen molar-refractivity contribution in [3.8, 4) is 45.4 Å². The van der Waals surface area contributed by atoms with Crippen molar-refractivity contribution < 1.29 is 0 Å². The van der Waals surface area contributed by atoms with Crippen LogP contribution in [0.4, 0.5) is 0 Å². The summed E-state index contributed by atoms with van der Waals surface area (Å²) in [6.45, 7) is 28.3. The van der Waals surface area contributed by atoms with Crippen LogP contribution in [0.25, 0.3) is 55.4 Å². The minimum atomic E-state index is -2.04. The van der Waals surface area contributed by atoms with E-state index in [9.17, 15) is 0 Å². The number of hydrogen-bond donors (Lipinski definition) is 0. The highest BCUT2D eigenvalue weighted by atomic mass is 32.1. The average Bonchev–Trinajstić information content (AvgIpc) is 3.61. The maximum absolute atomic E-state index is 5.50. The van der Waals surface area contributed by atoms with Gasteiger partial charge in [0.25, 0.3) is 0 Å². The smallest absolute Gasteiger partial charge is 0.146 e. The van der Waals surface area contributed by atoms with Crippen LogP contribution in [-0.2, 0) is 0 Å². The molecular formula is C40H48N4SSi2. The Bertz CT molecular complexity index is 1960. The quantitative estimate of drug-likeness (QED) is 0.130. The largest absolute Gasteiger partial charge is 0.242 e. The molecule has 7 heteroatoms. The van der Waals surface area contributed by atoms with Gasteiger partial charge in [-0.2, -0.15) is 8.75 Å². The van der Waals surface area contributed by atoms with E-state index in [0.717, 1.165) is 55.7 Å². The highest BCUT2D eigenvalue weighted by molar-refractivity contribution is 7.00. The fraction of sp³-hybridized carbons (Fsp3) is 0.450. The van der Waals surface area contributed by atoms with Crippen molar-refractivity contribution in [3.63, 3.8) is 0 Å². The van der Waals surface area contributed by atoms with Gasteiger partial charge in [-0.15, -0.1) is 11.1 Å². The Labute approximate surface area is 287 Å². The summed E-state index contributed by atoms with van der Waals surface area (Å²) in [6.07, 6.45) is 0. The molecule has 0 amide bonds. The van der Waals surface area contributed by atoms with Crippen LogP contribution in [-0.4, -0.2) is 34.9 Å². The zero-order valence-corrected chi connectivity index (χ0v) is 32.9. The zero-order chi connectivity index (χ0) is 34.0. The lowest BCUT2D eigenvalue weighted by atomic mass is 10.0. The number of aromatic nitrogens is 4. The lowest BCUT2D eigenvalue weighted by molar-refractivity contribution is 0.838. The minimum Gasteiger partial charge on any atom is -0.242 e. The molecule has 0 radical (unpaired) electrons. The van der Waals surface area contributed by atoms with Crippen LogP contribution in [0, 0.1) is 22.9 Å². The maximum atomic E-state index is 5.50. The van der Waals surface area contributed by atoms with E-state index in [4.69, 9.17) is 18.7 Å². The molecule has 242 valence electrons. The number of fused-ring (bicyclic) bond motifs is 5. The third-order valence-electron chi connectivity index (χ3n) is 11.3. The second kappa shape index (κ2) is 12.3. The molecule has 1 aliphatic rings. The first-order valence-corrected chi connectivity index (χ1v) is 22.5. The predicted octanol–water partition coefficient (Wildman–Crippen LogP) is 11.6. The lowest BCUT2D eigenvalue weighted by Crippen LogP contribution is -2.43. The van der Waals surface area contributed by atoms with Crippen LogP contribution in [0.1, 0.15) is 94.2 Å². The van der Waals surface area contributed by atoms with Gasteiger partial charge in [-0.1, -0.05) is 131 Å². The molecule has 47 heavy (non-hydrogen) atoms. The summed E-state index contributed by atoms with van der Waals surface area (Å²) >= 11 is 1.24. The lowest BCUT2D eigenvalue weighted by Gasteiger charge is -2.38. The summed E-state index contributed by atoms with van der Waals surface area (Å²) < 4.78 is 9.81. The molecule has 0 aliphatic heterocycles. The standard InChI is InChI=1S/C40H48N4SSi2/c1-23(2)46(24(3)4,25(5)6)21-19-32-37-38(42-36-31-18-14-16-29-15-13-17-30(34(29)31)35(36)41-37)33(40-39(32)43-45-44-40)20-22-47(26(7)8,27(9)10)28(11)12/h13-18,23-28H,1-12H3. The maximum Gasteiger partial charge on any atom is 0.146 e. The zero-order valence-electron chi connectivity index (χ0n) is 30.1. The number of rotatable bonds is 6. The molecule has 0 bridgehead atoms. The highest BCUT2D eigenvalue weighted by Gasteiger charge is 2.43. The molecule has 0 saturated heterocycles. The molecule has 0 atom stereocenters. The van der Waals surface area contributed by atoms with Crippen molar-refractivity contribution in [2.45, 2.75) is 116 Å². The van der Waals surface area contributed by atoms with Gasteiger partial charge < -0.3 is 0 Å². The molecule has 0 spiro atoms. The molecule has 3 aromatic carbocycles. The molecule has 4 nitrogen and oxygen atoms in total. The van der Waals surface area contributed by atoms with E-state index >= 15 is 0 Å². The van der Waals surface area contributed by atoms with Gasteiger partial charge in [-0.25, -0.2) is 9.97 Å². The predicted molar refractivity (Wildman–Crippen MR) is 208 cm³/mol. The van der Waals surface area contributed by atoms with Crippen molar-refractivity contribution >= 4 is 60.7 Å².